The summed E-state index contributed by atoms with van der Waals surface area (Å²) in [7, 11) is 0. The van der Waals surface area contributed by atoms with Crippen molar-refractivity contribution < 1.29 is 14.5 Å². The molecule has 3 rings (SSSR count). The summed E-state index contributed by atoms with van der Waals surface area (Å²) in [5.74, 6) is -0.728. The van der Waals surface area contributed by atoms with Crippen molar-refractivity contribution in [2.75, 3.05) is 5.01 Å². The highest BCUT2D eigenvalue weighted by atomic mass is 35.5. The quantitative estimate of drug-likeness (QED) is 0.645. The molecule has 8 nitrogen and oxygen atoms in total. The van der Waals surface area contributed by atoms with E-state index in [2.05, 4.69) is 10.4 Å². The molecule has 138 valence electrons. The molecule has 2 aromatic rings. The number of hydrogen-bond acceptors (Lipinski definition) is 5. The van der Waals surface area contributed by atoms with Crippen molar-refractivity contribution >= 4 is 40.6 Å². The van der Waals surface area contributed by atoms with Crippen LogP contribution < -0.4 is 10.3 Å². The summed E-state index contributed by atoms with van der Waals surface area (Å²) in [6.07, 6.45) is -0.0916. The van der Waals surface area contributed by atoms with E-state index in [0.29, 0.717) is 10.7 Å². The highest BCUT2D eigenvalue weighted by Crippen LogP contribution is 2.30. The largest absolute Gasteiger partial charge is 0.308 e. The maximum absolute atomic E-state index is 12.3. The molecule has 9 heteroatoms. The fourth-order valence-corrected chi connectivity index (χ4v) is 2.94. The monoisotopic (exact) mass is 386 g/mol. The van der Waals surface area contributed by atoms with Crippen LogP contribution >= 0.6 is 11.6 Å². The highest BCUT2D eigenvalue weighted by Gasteiger charge is 2.28. The Labute approximate surface area is 159 Å². The lowest BCUT2D eigenvalue weighted by Gasteiger charge is -2.16. The molecule has 0 fully saturated rings. The molecule has 0 saturated carbocycles. The molecule has 27 heavy (non-hydrogen) atoms. The van der Waals surface area contributed by atoms with Gasteiger partial charge in [-0.3, -0.25) is 19.7 Å². The highest BCUT2D eigenvalue weighted by molar-refractivity contribution is 6.31. The molecule has 1 aliphatic heterocycles. The van der Waals surface area contributed by atoms with Crippen LogP contribution in [0.2, 0.25) is 5.02 Å². The van der Waals surface area contributed by atoms with Crippen LogP contribution in [0.15, 0.2) is 41.5 Å². The number of hydrazone groups is 1. The Morgan fingerprint density at radius 2 is 2.04 bits per heavy atom. The summed E-state index contributed by atoms with van der Waals surface area (Å²) >= 11 is 6.08. The van der Waals surface area contributed by atoms with Gasteiger partial charge in [0.25, 0.3) is 17.5 Å². The first kappa shape index (κ1) is 18.5. The van der Waals surface area contributed by atoms with Crippen molar-refractivity contribution in [2.45, 2.75) is 20.3 Å². The smallest absolute Gasteiger partial charge is 0.270 e. The lowest BCUT2D eigenvalue weighted by Crippen LogP contribution is -2.29. The second-order valence-corrected chi connectivity index (χ2v) is 6.49. The van der Waals surface area contributed by atoms with Crippen molar-refractivity contribution in [1.29, 1.82) is 0 Å². The zero-order valence-electron chi connectivity index (χ0n) is 14.5. The summed E-state index contributed by atoms with van der Waals surface area (Å²) in [6.45, 7) is 3.73. The Morgan fingerprint density at radius 3 is 2.74 bits per heavy atom. The number of aryl methyl sites for hydroxylation is 1. The predicted octanol–water partition coefficient (Wildman–Crippen LogP) is 3.35. The molecule has 2 amide bonds. The average molecular weight is 387 g/mol. The number of nitrogens with one attached hydrogen (secondary N) is 1. The Bertz CT molecular complexity index is 1000. The first-order valence-electron chi connectivity index (χ1n) is 7.99. The molecule has 0 saturated heterocycles. The number of benzene rings is 2. The van der Waals surface area contributed by atoms with E-state index in [1.807, 2.05) is 13.8 Å². The number of nitro groups is 1. The number of rotatable bonds is 3. The summed E-state index contributed by atoms with van der Waals surface area (Å²) in [6, 6.07) is 8.74. The number of nitro benzene ring substituents is 1. The van der Waals surface area contributed by atoms with Crippen LogP contribution in [0.3, 0.4) is 0 Å². The maximum Gasteiger partial charge on any atom is 0.270 e. The van der Waals surface area contributed by atoms with Gasteiger partial charge in [-0.05, 0) is 43.2 Å². The minimum Gasteiger partial charge on any atom is -0.308 e. The lowest BCUT2D eigenvalue weighted by atomic mass is 10.1. The van der Waals surface area contributed by atoms with Crippen LogP contribution in [0.1, 0.15) is 27.9 Å². The van der Waals surface area contributed by atoms with Crippen LogP contribution in [-0.2, 0) is 4.79 Å². The number of hydrogen-bond donors (Lipinski definition) is 1. The summed E-state index contributed by atoms with van der Waals surface area (Å²) in [5.41, 5.74) is 2.22. The second-order valence-electron chi connectivity index (χ2n) is 6.06. The number of carbonyl (C=O) groups excluding carboxylic acids is 2. The van der Waals surface area contributed by atoms with Crippen molar-refractivity contribution in [2.24, 2.45) is 5.10 Å². The average Bonchev–Trinajstić information content (AvgIpc) is 2.98. The number of nitrogens with zero attached hydrogens (tertiary/aromatic N) is 3. The molecular formula is C18H15ClN4O4. The molecule has 0 aliphatic carbocycles. The number of carbonyl (C=O) groups is 2. The Morgan fingerprint density at radius 1 is 1.30 bits per heavy atom. The molecule has 0 atom stereocenters. The molecule has 0 aromatic heterocycles. The molecule has 0 spiro atoms. The molecule has 0 unspecified atom stereocenters. The summed E-state index contributed by atoms with van der Waals surface area (Å²) < 4.78 is 0. The van der Waals surface area contributed by atoms with Crippen LogP contribution in [0.5, 0.6) is 0 Å². The van der Waals surface area contributed by atoms with Crippen LogP contribution in [0, 0.1) is 24.0 Å². The fraction of sp³-hybridized carbons (Fsp3) is 0.167. The topological polar surface area (TPSA) is 105 Å². The third kappa shape index (κ3) is 3.80. The van der Waals surface area contributed by atoms with Gasteiger partial charge in [-0.2, -0.15) is 10.1 Å². The van der Waals surface area contributed by atoms with E-state index in [9.17, 15) is 19.7 Å². The zero-order chi connectivity index (χ0) is 19.7. The van der Waals surface area contributed by atoms with Crippen molar-refractivity contribution in [1.82, 2.24) is 5.32 Å². The molecule has 1 heterocycles. The molecular weight excluding hydrogens is 372 g/mol. The molecule has 0 radical (unpaired) electrons. The van der Waals surface area contributed by atoms with Gasteiger partial charge in [0.05, 0.1) is 17.0 Å². The van der Waals surface area contributed by atoms with Crippen molar-refractivity contribution in [3.63, 3.8) is 0 Å². The van der Waals surface area contributed by atoms with E-state index in [1.54, 1.807) is 12.1 Å². The van der Waals surface area contributed by atoms with E-state index in [-0.39, 0.29) is 29.4 Å². The minimum absolute atomic E-state index is 0.0916. The third-order valence-corrected chi connectivity index (χ3v) is 4.40. The first-order valence-corrected chi connectivity index (χ1v) is 8.37. The standard InChI is InChI=1S/C18H15ClN4O4/c1-10-6-13(19)8-15(11(10)2)22-17(24)9-16(21-22)20-18(25)12-4-3-5-14(7-12)23(26)27/h3-8H,9H2,1-2H3,(H,20,21,25). The Kier molecular flexibility index (Phi) is 4.91. The predicted molar refractivity (Wildman–Crippen MR) is 101 cm³/mol. The van der Waals surface area contributed by atoms with E-state index in [4.69, 9.17) is 11.6 Å². The third-order valence-electron chi connectivity index (χ3n) is 4.19. The van der Waals surface area contributed by atoms with E-state index >= 15 is 0 Å². The van der Waals surface area contributed by atoms with Gasteiger partial charge in [0.1, 0.15) is 5.84 Å². The number of anilines is 1. The van der Waals surface area contributed by atoms with Gasteiger partial charge in [0.2, 0.25) is 0 Å². The lowest BCUT2D eigenvalue weighted by molar-refractivity contribution is -0.384. The molecule has 1 aliphatic rings. The molecule has 0 bridgehead atoms. The Hall–Kier alpha value is -3.26. The minimum atomic E-state index is -0.584. The van der Waals surface area contributed by atoms with Gasteiger partial charge >= 0.3 is 0 Å². The summed E-state index contributed by atoms with van der Waals surface area (Å²) in [5, 5.41) is 19.2. The first-order chi connectivity index (χ1) is 12.8. The fourth-order valence-electron chi connectivity index (χ4n) is 2.67. The van der Waals surface area contributed by atoms with Crippen LogP contribution in [-0.4, -0.2) is 22.6 Å². The number of halogens is 1. The van der Waals surface area contributed by atoms with Gasteiger partial charge < -0.3 is 5.32 Å². The normalized spacial score (nSPS) is 13.5. The number of non-ortho nitro benzene ring substituents is 1. The van der Waals surface area contributed by atoms with Gasteiger partial charge in [-0.1, -0.05) is 17.7 Å². The molecule has 1 N–H and O–H groups in total. The van der Waals surface area contributed by atoms with Crippen molar-refractivity contribution in [3.8, 4) is 0 Å². The molecule has 2 aromatic carbocycles. The van der Waals surface area contributed by atoms with E-state index < -0.39 is 10.8 Å². The van der Waals surface area contributed by atoms with Gasteiger partial charge in [0, 0.05) is 22.7 Å². The van der Waals surface area contributed by atoms with Gasteiger partial charge in [-0.15, -0.1) is 0 Å². The number of amidine groups is 1. The SMILES string of the molecule is Cc1cc(Cl)cc(N2N=C(NC(=O)c3cccc([N+](=O)[O-])c3)CC2=O)c1C. The summed E-state index contributed by atoms with van der Waals surface area (Å²) in [4.78, 5) is 34.9. The maximum atomic E-state index is 12.3. The van der Waals surface area contributed by atoms with E-state index in [0.717, 1.165) is 17.2 Å². The zero-order valence-corrected chi connectivity index (χ0v) is 15.3. The van der Waals surface area contributed by atoms with Gasteiger partial charge in [0.15, 0.2) is 0 Å². The van der Waals surface area contributed by atoms with Crippen molar-refractivity contribution in [3.05, 3.63) is 68.2 Å². The van der Waals surface area contributed by atoms with Crippen LogP contribution in [0.25, 0.3) is 0 Å². The van der Waals surface area contributed by atoms with Crippen LogP contribution in [0.4, 0.5) is 11.4 Å². The van der Waals surface area contributed by atoms with E-state index in [1.165, 1.54) is 23.2 Å². The number of amides is 2. The Balaban J connectivity index is 1.84. The van der Waals surface area contributed by atoms with Gasteiger partial charge in [-0.25, -0.2) is 0 Å². The second kappa shape index (κ2) is 7.16.